The van der Waals surface area contributed by atoms with Crippen molar-refractivity contribution in [2.75, 3.05) is 40.3 Å². The molecule has 8 nitrogen and oxygen atoms in total. The minimum absolute atomic E-state index is 0.00166. The molecule has 0 aliphatic heterocycles. The van der Waals surface area contributed by atoms with Crippen molar-refractivity contribution in [1.29, 1.82) is 0 Å². The maximum Gasteiger partial charge on any atom is 0.252 e. The van der Waals surface area contributed by atoms with Crippen LogP contribution in [-0.4, -0.2) is 69.5 Å². The fraction of sp³-hybridized carbons (Fsp3) is 0.571. The van der Waals surface area contributed by atoms with E-state index in [1.807, 2.05) is 7.05 Å². The molecule has 0 saturated carbocycles. The summed E-state index contributed by atoms with van der Waals surface area (Å²) in [6.45, 7) is 7.58. The smallest absolute Gasteiger partial charge is 0.252 e. The van der Waals surface area contributed by atoms with Crippen LogP contribution in [0.25, 0.3) is 0 Å². The number of likely N-dealkylation sites (N-methyl/N-ethyl adjacent to an activating group) is 1. The molecule has 0 aliphatic rings. The van der Waals surface area contributed by atoms with Crippen LogP contribution in [0.1, 0.15) is 13.3 Å². The predicted molar refractivity (Wildman–Crippen MR) is 89.0 cm³/mol. The molecule has 124 valence electrons. The molecule has 0 spiro atoms. The van der Waals surface area contributed by atoms with Crippen molar-refractivity contribution in [2.24, 2.45) is 10.1 Å². The maximum absolute atomic E-state index is 11.6. The Morgan fingerprint density at radius 2 is 2.05 bits per heavy atom. The van der Waals surface area contributed by atoms with Gasteiger partial charge < -0.3 is 15.5 Å². The molecule has 0 bridgehead atoms. The van der Waals surface area contributed by atoms with Gasteiger partial charge in [-0.05, 0) is 20.0 Å². The van der Waals surface area contributed by atoms with E-state index in [2.05, 4.69) is 32.7 Å². The van der Waals surface area contributed by atoms with Gasteiger partial charge in [-0.25, -0.2) is 0 Å². The number of carbonyl (C=O) groups is 2. The maximum atomic E-state index is 11.6. The molecule has 8 heteroatoms. The largest absolute Gasteiger partial charge is 0.352 e. The first-order chi connectivity index (χ1) is 10.5. The van der Waals surface area contributed by atoms with Crippen molar-refractivity contribution in [3.63, 3.8) is 0 Å². The first-order valence-corrected chi connectivity index (χ1v) is 7.09. The number of carbonyl (C=O) groups excluding carboxylic acids is 2. The lowest BCUT2D eigenvalue weighted by molar-refractivity contribution is -0.127. The lowest BCUT2D eigenvalue weighted by Crippen LogP contribution is -2.28. The molecule has 0 saturated heterocycles. The highest BCUT2D eigenvalue weighted by atomic mass is 16.2. The zero-order chi connectivity index (χ0) is 16.8. The summed E-state index contributed by atoms with van der Waals surface area (Å²) in [5.41, 5.74) is 2.84. The number of rotatable bonds is 11. The molecule has 22 heavy (non-hydrogen) atoms. The molecule has 0 unspecified atom stereocenters. The molecule has 0 radical (unpaired) electrons. The van der Waals surface area contributed by atoms with Crippen molar-refractivity contribution in [3.8, 4) is 0 Å². The van der Waals surface area contributed by atoms with Gasteiger partial charge in [0.05, 0.1) is 18.3 Å². The lowest BCUT2D eigenvalue weighted by atomic mass is 10.3. The number of aliphatic imine (C=N–C) groups is 1. The second-order valence-electron chi connectivity index (χ2n) is 4.60. The standard InChI is InChI=1S/C14H26N6O2/c1-12(14(22)17-7-5-6-15-3)10-18-19-11-16-8-9-20(4)13(2)21/h10-11,15H,1,5-9H2,2-4H3,(H,16,19)(H,17,22)/b18-10-. The first kappa shape index (κ1) is 19.8. The summed E-state index contributed by atoms with van der Waals surface area (Å²) in [6.07, 6.45) is 3.59. The van der Waals surface area contributed by atoms with Gasteiger partial charge in [-0.2, -0.15) is 5.10 Å². The monoisotopic (exact) mass is 310 g/mol. The van der Waals surface area contributed by atoms with E-state index >= 15 is 0 Å². The van der Waals surface area contributed by atoms with Crippen LogP contribution in [0.2, 0.25) is 0 Å². The van der Waals surface area contributed by atoms with Crippen LogP contribution < -0.4 is 16.1 Å². The Hall–Kier alpha value is -2.22. The topological polar surface area (TPSA) is 98.2 Å². The van der Waals surface area contributed by atoms with Crippen LogP contribution >= 0.6 is 0 Å². The van der Waals surface area contributed by atoms with Crippen LogP contribution in [0, 0.1) is 0 Å². The van der Waals surface area contributed by atoms with Gasteiger partial charge in [-0.1, -0.05) is 6.58 Å². The Kier molecular flexibility index (Phi) is 11.3. The van der Waals surface area contributed by atoms with Crippen molar-refractivity contribution in [2.45, 2.75) is 13.3 Å². The number of hydrogen-bond donors (Lipinski definition) is 3. The van der Waals surface area contributed by atoms with E-state index in [-0.39, 0.29) is 17.4 Å². The molecule has 0 heterocycles. The van der Waals surface area contributed by atoms with Crippen molar-refractivity contribution in [3.05, 3.63) is 12.2 Å². The fourth-order valence-corrected chi connectivity index (χ4v) is 1.26. The van der Waals surface area contributed by atoms with Gasteiger partial charge in [-0.3, -0.25) is 20.0 Å². The highest BCUT2D eigenvalue weighted by Gasteiger charge is 2.02. The molecule has 0 aliphatic carbocycles. The molecule has 0 fully saturated rings. The highest BCUT2D eigenvalue weighted by molar-refractivity contribution is 6.11. The van der Waals surface area contributed by atoms with E-state index in [9.17, 15) is 9.59 Å². The van der Waals surface area contributed by atoms with Crippen LogP contribution in [0.5, 0.6) is 0 Å². The van der Waals surface area contributed by atoms with Gasteiger partial charge in [0.1, 0.15) is 6.34 Å². The summed E-state index contributed by atoms with van der Waals surface area (Å²) in [6, 6.07) is 0. The van der Waals surface area contributed by atoms with Gasteiger partial charge in [0.2, 0.25) is 5.91 Å². The first-order valence-electron chi connectivity index (χ1n) is 7.09. The van der Waals surface area contributed by atoms with Crippen LogP contribution in [0.3, 0.4) is 0 Å². The summed E-state index contributed by atoms with van der Waals surface area (Å²) in [5, 5.41) is 9.54. The van der Waals surface area contributed by atoms with Gasteiger partial charge in [-0.15, -0.1) is 0 Å². The average Bonchev–Trinajstić information content (AvgIpc) is 2.49. The van der Waals surface area contributed by atoms with E-state index in [0.717, 1.165) is 13.0 Å². The molecular weight excluding hydrogens is 284 g/mol. The average molecular weight is 310 g/mol. The van der Waals surface area contributed by atoms with E-state index in [1.165, 1.54) is 19.5 Å². The number of amides is 2. The van der Waals surface area contributed by atoms with Crippen molar-refractivity contribution in [1.82, 2.24) is 21.0 Å². The minimum atomic E-state index is -0.248. The fourth-order valence-electron chi connectivity index (χ4n) is 1.26. The summed E-state index contributed by atoms with van der Waals surface area (Å²) < 4.78 is 0. The zero-order valence-electron chi connectivity index (χ0n) is 13.6. The molecule has 0 atom stereocenters. The third-order valence-electron chi connectivity index (χ3n) is 2.73. The molecule has 2 amide bonds. The normalized spacial score (nSPS) is 10.9. The second kappa shape index (κ2) is 12.5. The second-order valence-corrected chi connectivity index (χ2v) is 4.60. The number of hydrogen-bond acceptors (Lipinski definition) is 5. The highest BCUT2D eigenvalue weighted by Crippen LogP contribution is 1.86. The molecule has 0 rings (SSSR count). The summed E-state index contributed by atoms with van der Waals surface area (Å²) in [5.74, 6) is -0.250. The molecule has 0 aromatic rings. The van der Waals surface area contributed by atoms with Gasteiger partial charge in [0, 0.05) is 27.1 Å². The van der Waals surface area contributed by atoms with Gasteiger partial charge in [0.25, 0.3) is 5.91 Å². The van der Waals surface area contributed by atoms with Crippen molar-refractivity contribution < 1.29 is 9.59 Å². The number of hydrazone groups is 1. The zero-order valence-corrected chi connectivity index (χ0v) is 13.6. The van der Waals surface area contributed by atoms with Crippen molar-refractivity contribution >= 4 is 24.4 Å². The van der Waals surface area contributed by atoms with Gasteiger partial charge >= 0.3 is 0 Å². The van der Waals surface area contributed by atoms with E-state index in [1.54, 1.807) is 11.9 Å². The predicted octanol–water partition coefficient (Wildman–Crippen LogP) is -0.650. The molecule has 0 aromatic heterocycles. The summed E-state index contributed by atoms with van der Waals surface area (Å²) >= 11 is 0. The SMILES string of the molecule is C=C(/C=N\NC=NCCN(C)C(C)=O)C(=O)NCCCNC. The third kappa shape index (κ3) is 10.6. The third-order valence-corrected chi connectivity index (χ3v) is 2.73. The van der Waals surface area contributed by atoms with E-state index in [0.29, 0.717) is 19.6 Å². The molecule has 0 aromatic carbocycles. The minimum Gasteiger partial charge on any atom is -0.352 e. The summed E-state index contributed by atoms with van der Waals surface area (Å²) in [7, 11) is 3.57. The number of nitrogens with zero attached hydrogens (tertiary/aromatic N) is 3. The molecule has 3 N–H and O–H groups in total. The van der Waals surface area contributed by atoms with E-state index < -0.39 is 0 Å². The quantitative estimate of drug-likeness (QED) is 0.155. The van der Waals surface area contributed by atoms with Gasteiger partial charge in [0.15, 0.2) is 0 Å². The van der Waals surface area contributed by atoms with E-state index in [4.69, 9.17) is 0 Å². The van der Waals surface area contributed by atoms with Crippen LogP contribution in [-0.2, 0) is 9.59 Å². The Bertz CT molecular complexity index is 420. The number of nitrogens with one attached hydrogen (secondary N) is 3. The Morgan fingerprint density at radius 1 is 1.32 bits per heavy atom. The lowest BCUT2D eigenvalue weighted by Gasteiger charge is -2.11. The van der Waals surface area contributed by atoms with Crippen LogP contribution in [0.4, 0.5) is 0 Å². The summed E-state index contributed by atoms with van der Waals surface area (Å²) in [4.78, 5) is 28.1. The Morgan fingerprint density at radius 3 is 2.68 bits per heavy atom. The Balaban J connectivity index is 3.80. The Labute approximate surface area is 131 Å². The molecular formula is C14H26N6O2. The van der Waals surface area contributed by atoms with Crippen LogP contribution in [0.15, 0.2) is 22.2 Å².